The van der Waals surface area contributed by atoms with Gasteiger partial charge in [-0.15, -0.1) is 5.10 Å². The minimum atomic E-state index is 0.0294. The Bertz CT molecular complexity index is 314. The molecule has 0 bridgehead atoms. The van der Waals surface area contributed by atoms with Crippen LogP contribution in [0.5, 0.6) is 0 Å². The molecule has 1 aliphatic rings. The number of nitrogen functional groups attached to an aromatic ring is 1. The van der Waals surface area contributed by atoms with Gasteiger partial charge in [0.05, 0.1) is 5.92 Å². The molecule has 0 saturated carbocycles. The van der Waals surface area contributed by atoms with Gasteiger partial charge < -0.3 is 11.1 Å². The lowest BCUT2D eigenvalue weighted by Crippen LogP contribution is -2.24. The van der Waals surface area contributed by atoms with Gasteiger partial charge in [-0.05, 0) is 13.0 Å². The summed E-state index contributed by atoms with van der Waals surface area (Å²) in [5, 5.41) is 7.01. The smallest absolute Gasteiger partial charge is 0.251 e. The molecule has 2 rings (SSSR count). The number of nitrogens with one attached hydrogen (secondary N) is 1. The highest BCUT2D eigenvalue weighted by Gasteiger charge is 2.23. The lowest BCUT2D eigenvalue weighted by atomic mass is 10.1. The molecule has 3 N–H and O–H groups in total. The summed E-state index contributed by atoms with van der Waals surface area (Å²) in [5.74, 6) is 0.473. The third-order valence-electron chi connectivity index (χ3n) is 2.25. The quantitative estimate of drug-likeness (QED) is 0.623. The van der Waals surface area contributed by atoms with Crippen LogP contribution in [0.3, 0.4) is 0 Å². The SMILES string of the molecule is Nc1ccn(C(=O)C2CCNC2)n1. The molecule has 1 aliphatic heterocycles. The summed E-state index contributed by atoms with van der Waals surface area (Å²) in [7, 11) is 0. The Balaban J connectivity index is 2.12. The van der Waals surface area contributed by atoms with Crippen molar-refractivity contribution in [2.75, 3.05) is 18.8 Å². The number of anilines is 1. The summed E-state index contributed by atoms with van der Waals surface area (Å²) in [5.41, 5.74) is 5.42. The van der Waals surface area contributed by atoms with Crippen LogP contribution in [-0.2, 0) is 0 Å². The molecule has 1 atom stereocenters. The number of nitrogens with zero attached hydrogens (tertiary/aromatic N) is 2. The zero-order valence-electron chi connectivity index (χ0n) is 7.23. The fourth-order valence-corrected chi connectivity index (χ4v) is 1.51. The van der Waals surface area contributed by atoms with Crippen molar-refractivity contribution < 1.29 is 4.79 Å². The number of hydrogen-bond acceptors (Lipinski definition) is 4. The van der Waals surface area contributed by atoms with Crippen LogP contribution in [0.2, 0.25) is 0 Å². The third kappa shape index (κ3) is 1.55. The highest BCUT2D eigenvalue weighted by atomic mass is 16.2. The average molecular weight is 180 g/mol. The monoisotopic (exact) mass is 180 g/mol. The van der Waals surface area contributed by atoms with Crippen LogP contribution in [0, 0.1) is 5.92 Å². The van der Waals surface area contributed by atoms with Gasteiger partial charge in [0.15, 0.2) is 0 Å². The maximum absolute atomic E-state index is 11.7. The first-order valence-electron chi connectivity index (χ1n) is 4.33. The summed E-state index contributed by atoms with van der Waals surface area (Å²) < 4.78 is 1.33. The van der Waals surface area contributed by atoms with Crippen molar-refractivity contribution in [3.8, 4) is 0 Å². The summed E-state index contributed by atoms with van der Waals surface area (Å²) in [4.78, 5) is 11.7. The molecule has 13 heavy (non-hydrogen) atoms. The predicted molar refractivity (Wildman–Crippen MR) is 48.2 cm³/mol. The maximum Gasteiger partial charge on any atom is 0.251 e. The first-order valence-corrected chi connectivity index (χ1v) is 4.33. The van der Waals surface area contributed by atoms with Gasteiger partial charge >= 0.3 is 0 Å². The molecule has 0 aromatic carbocycles. The van der Waals surface area contributed by atoms with Crippen molar-refractivity contribution in [3.63, 3.8) is 0 Å². The van der Waals surface area contributed by atoms with Gasteiger partial charge in [0.25, 0.3) is 5.91 Å². The second-order valence-electron chi connectivity index (χ2n) is 3.21. The molecule has 5 heteroatoms. The number of rotatable bonds is 1. The van der Waals surface area contributed by atoms with Crippen LogP contribution in [0.1, 0.15) is 11.2 Å². The van der Waals surface area contributed by atoms with Gasteiger partial charge in [0.2, 0.25) is 0 Å². The molecule has 1 aromatic rings. The minimum absolute atomic E-state index is 0.0294. The lowest BCUT2D eigenvalue weighted by molar-refractivity contribution is 0.0829. The Morgan fingerprint density at radius 2 is 2.62 bits per heavy atom. The van der Waals surface area contributed by atoms with Crippen molar-refractivity contribution in [2.45, 2.75) is 6.42 Å². The van der Waals surface area contributed by atoms with E-state index in [9.17, 15) is 4.79 Å². The number of carbonyl (C=O) groups excluding carboxylic acids is 1. The van der Waals surface area contributed by atoms with Crippen LogP contribution < -0.4 is 11.1 Å². The fourth-order valence-electron chi connectivity index (χ4n) is 1.51. The molecule has 1 fully saturated rings. The Hall–Kier alpha value is -1.36. The largest absolute Gasteiger partial charge is 0.382 e. The summed E-state index contributed by atoms with van der Waals surface area (Å²) in [6.07, 6.45) is 2.49. The minimum Gasteiger partial charge on any atom is -0.382 e. The molecule has 2 heterocycles. The summed E-state index contributed by atoms with van der Waals surface area (Å²) in [6, 6.07) is 1.63. The Labute approximate surface area is 75.9 Å². The van der Waals surface area contributed by atoms with E-state index in [-0.39, 0.29) is 11.8 Å². The topological polar surface area (TPSA) is 72.9 Å². The van der Waals surface area contributed by atoms with Crippen LogP contribution in [0.15, 0.2) is 12.3 Å². The second-order valence-corrected chi connectivity index (χ2v) is 3.21. The Morgan fingerprint density at radius 1 is 1.77 bits per heavy atom. The zero-order valence-corrected chi connectivity index (χ0v) is 7.23. The van der Waals surface area contributed by atoms with Crippen LogP contribution >= 0.6 is 0 Å². The standard InChI is InChI=1S/C8H12N4O/c9-7-2-4-12(11-7)8(13)6-1-3-10-5-6/h2,4,6,10H,1,3,5H2,(H2,9,11). The number of carbonyl (C=O) groups is 1. The molecule has 0 radical (unpaired) electrons. The first-order chi connectivity index (χ1) is 6.27. The molecule has 1 unspecified atom stereocenters. The van der Waals surface area contributed by atoms with E-state index in [2.05, 4.69) is 10.4 Å². The zero-order chi connectivity index (χ0) is 9.26. The van der Waals surface area contributed by atoms with E-state index in [1.807, 2.05) is 0 Å². The van der Waals surface area contributed by atoms with Crippen molar-refractivity contribution in [2.24, 2.45) is 5.92 Å². The molecule has 5 nitrogen and oxygen atoms in total. The summed E-state index contributed by atoms with van der Waals surface area (Å²) in [6.45, 7) is 1.66. The van der Waals surface area contributed by atoms with Crippen LogP contribution in [0.25, 0.3) is 0 Å². The average Bonchev–Trinajstić information content (AvgIpc) is 2.72. The van der Waals surface area contributed by atoms with E-state index >= 15 is 0 Å². The van der Waals surface area contributed by atoms with Crippen LogP contribution in [-0.4, -0.2) is 28.8 Å². The van der Waals surface area contributed by atoms with Gasteiger partial charge in [0.1, 0.15) is 5.82 Å². The van der Waals surface area contributed by atoms with Gasteiger partial charge in [0, 0.05) is 18.8 Å². The number of nitrogens with two attached hydrogens (primary N) is 1. The van der Waals surface area contributed by atoms with E-state index in [0.717, 1.165) is 19.5 Å². The highest BCUT2D eigenvalue weighted by Crippen LogP contribution is 2.10. The van der Waals surface area contributed by atoms with Gasteiger partial charge in [-0.1, -0.05) is 0 Å². The van der Waals surface area contributed by atoms with E-state index in [1.54, 1.807) is 12.3 Å². The molecular formula is C8H12N4O. The molecule has 0 amide bonds. The Kier molecular flexibility index (Phi) is 2.02. The van der Waals surface area contributed by atoms with E-state index in [4.69, 9.17) is 5.73 Å². The first kappa shape index (κ1) is 8.25. The van der Waals surface area contributed by atoms with Crippen LogP contribution in [0.4, 0.5) is 5.82 Å². The van der Waals surface area contributed by atoms with Crippen molar-refractivity contribution >= 4 is 11.7 Å². The Morgan fingerprint density at radius 3 is 3.15 bits per heavy atom. The predicted octanol–water partition coefficient (Wildman–Crippen LogP) is -0.285. The fraction of sp³-hybridized carbons (Fsp3) is 0.500. The normalized spacial score (nSPS) is 22.0. The molecule has 1 aromatic heterocycles. The third-order valence-corrected chi connectivity index (χ3v) is 2.25. The molecule has 0 spiro atoms. The lowest BCUT2D eigenvalue weighted by Gasteiger charge is -2.05. The molecule has 0 aliphatic carbocycles. The molecule has 1 saturated heterocycles. The highest BCUT2D eigenvalue weighted by molar-refractivity contribution is 5.81. The van der Waals surface area contributed by atoms with Gasteiger partial charge in [-0.3, -0.25) is 4.79 Å². The van der Waals surface area contributed by atoms with E-state index in [1.165, 1.54) is 4.68 Å². The number of aromatic nitrogens is 2. The van der Waals surface area contributed by atoms with Crippen molar-refractivity contribution in [1.82, 2.24) is 15.1 Å². The van der Waals surface area contributed by atoms with E-state index in [0.29, 0.717) is 5.82 Å². The maximum atomic E-state index is 11.7. The van der Waals surface area contributed by atoms with Gasteiger partial charge in [-0.2, -0.15) is 0 Å². The second kappa shape index (κ2) is 3.18. The van der Waals surface area contributed by atoms with E-state index < -0.39 is 0 Å². The molecular weight excluding hydrogens is 168 g/mol. The van der Waals surface area contributed by atoms with Crippen molar-refractivity contribution in [3.05, 3.63) is 12.3 Å². The van der Waals surface area contributed by atoms with Crippen molar-refractivity contribution in [1.29, 1.82) is 0 Å². The van der Waals surface area contributed by atoms with Gasteiger partial charge in [-0.25, -0.2) is 4.68 Å². The molecule has 70 valence electrons. The number of hydrogen-bond donors (Lipinski definition) is 2. The summed E-state index contributed by atoms with van der Waals surface area (Å²) >= 11 is 0.